The number of hydrogen-bond donors (Lipinski definition) is 1. The summed E-state index contributed by atoms with van der Waals surface area (Å²) in [6.07, 6.45) is 2.69. The quantitative estimate of drug-likeness (QED) is 0.909. The number of aryl methyl sites for hydroxylation is 1. The molecule has 1 atom stereocenters. The Morgan fingerprint density at radius 3 is 2.67 bits per heavy atom. The average Bonchev–Trinajstić information content (AvgIpc) is 2.70. The van der Waals surface area contributed by atoms with Gasteiger partial charge in [0.2, 0.25) is 0 Å². The van der Waals surface area contributed by atoms with Gasteiger partial charge >= 0.3 is 0 Å². The summed E-state index contributed by atoms with van der Waals surface area (Å²) < 4.78 is 0. The Bertz CT molecular complexity index is 400. The smallest absolute Gasteiger partial charge is 0.186 e. The van der Waals surface area contributed by atoms with E-state index >= 15 is 0 Å². The molecule has 18 heavy (non-hydrogen) atoms. The third kappa shape index (κ3) is 2.86. The summed E-state index contributed by atoms with van der Waals surface area (Å²) in [4.78, 5) is 8.35. The van der Waals surface area contributed by atoms with Crippen molar-refractivity contribution in [1.82, 2.24) is 4.98 Å². The predicted octanol–water partition coefficient (Wildman–Crippen LogP) is 3.38. The Labute approximate surface area is 114 Å². The van der Waals surface area contributed by atoms with Gasteiger partial charge in [-0.2, -0.15) is 0 Å². The minimum atomic E-state index is -0.341. The highest BCUT2D eigenvalue weighted by Crippen LogP contribution is 2.37. The Balaban J connectivity index is 2.26. The molecular formula is C14H24N2OS. The van der Waals surface area contributed by atoms with Gasteiger partial charge in [-0.25, -0.2) is 4.98 Å². The summed E-state index contributed by atoms with van der Waals surface area (Å²) in [6.45, 7) is 9.91. The van der Waals surface area contributed by atoms with Crippen LogP contribution in [-0.4, -0.2) is 22.7 Å². The predicted molar refractivity (Wildman–Crippen MR) is 77.3 cm³/mol. The molecule has 0 fully saturated rings. The van der Waals surface area contributed by atoms with Crippen molar-refractivity contribution in [3.63, 3.8) is 0 Å². The molecule has 0 saturated carbocycles. The van der Waals surface area contributed by atoms with E-state index in [0.717, 1.165) is 36.6 Å². The van der Waals surface area contributed by atoms with E-state index in [1.165, 1.54) is 4.88 Å². The molecule has 0 bridgehead atoms. The summed E-state index contributed by atoms with van der Waals surface area (Å²) in [7, 11) is 0. The summed E-state index contributed by atoms with van der Waals surface area (Å²) in [5.41, 5.74) is 0.940. The van der Waals surface area contributed by atoms with E-state index in [4.69, 9.17) is 4.98 Å². The molecule has 0 radical (unpaired) electrons. The lowest BCUT2D eigenvalue weighted by molar-refractivity contribution is 0.153. The number of rotatable bonds is 4. The molecule has 4 heteroatoms. The molecule has 1 aromatic heterocycles. The number of nitrogens with zero attached hydrogens (tertiary/aromatic N) is 2. The van der Waals surface area contributed by atoms with Crippen LogP contribution in [0, 0.1) is 5.92 Å². The Hall–Kier alpha value is -0.610. The van der Waals surface area contributed by atoms with Gasteiger partial charge in [-0.3, -0.25) is 0 Å². The van der Waals surface area contributed by atoms with Gasteiger partial charge in [-0.15, -0.1) is 11.3 Å². The number of aromatic nitrogens is 1. The van der Waals surface area contributed by atoms with Crippen molar-refractivity contribution in [2.24, 2.45) is 5.92 Å². The second-order valence-electron chi connectivity index (χ2n) is 5.85. The molecular weight excluding hydrogens is 244 g/mol. The molecule has 0 aromatic carbocycles. The fourth-order valence-corrected chi connectivity index (χ4v) is 3.71. The van der Waals surface area contributed by atoms with Crippen molar-refractivity contribution in [1.29, 1.82) is 0 Å². The molecule has 1 aliphatic carbocycles. The van der Waals surface area contributed by atoms with Gasteiger partial charge in [0.25, 0.3) is 0 Å². The van der Waals surface area contributed by atoms with Crippen molar-refractivity contribution in [3.05, 3.63) is 10.6 Å². The maximum atomic E-state index is 10.0. The van der Waals surface area contributed by atoms with Crippen LogP contribution >= 0.6 is 11.3 Å². The van der Waals surface area contributed by atoms with Gasteiger partial charge in [0.15, 0.2) is 5.13 Å². The summed E-state index contributed by atoms with van der Waals surface area (Å²) in [5.74, 6) is 0.623. The van der Waals surface area contributed by atoms with Gasteiger partial charge in [-0.05, 0) is 39.0 Å². The highest BCUT2D eigenvalue weighted by molar-refractivity contribution is 7.15. The van der Waals surface area contributed by atoms with Gasteiger partial charge in [0.05, 0.1) is 11.8 Å². The molecule has 0 spiro atoms. The summed E-state index contributed by atoms with van der Waals surface area (Å²) in [6, 6.07) is 0.456. The first-order valence-electron chi connectivity index (χ1n) is 6.93. The van der Waals surface area contributed by atoms with Gasteiger partial charge in [0, 0.05) is 17.5 Å². The third-order valence-corrected chi connectivity index (χ3v) is 4.51. The van der Waals surface area contributed by atoms with Crippen LogP contribution in [0.25, 0.3) is 0 Å². The van der Waals surface area contributed by atoms with Crippen LogP contribution in [0.2, 0.25) is 0 Å². The Morgan fingerprint density at radius 1 is 1.39 bits per heavy atom. The SMILES string of the molecule is CC(C)CN(c1nc2c(s1)CCCC2O)C(C)C. The third-order valence-electron chi connectivity index (χ3n) is 3.34. The van der Waals surface area contributed by atoms with Crippen LogP contribution in [0.4, 0.5) is 5.13 Å². The average molecular weight is 268 g/mol. The first kappa shape index (κ1) is 13.8. The fourth-order valence-electron chi connectivity index (χ4n) is 2.41. The van der Waals surface area contributed by atoms with E-state index in [1.54, 1.807) is 11.3 Å². The molecule has 2 rings (SSSR count). The molecule has 1 aliphatic rings. The zero-order valence-electron chi connectivity index (χ0n) is 11.8. The standard InChI is InChI=1S/C14H24N2OS/c1-9(2)8-16(10(3)4)14-15-13-11(17)6-5-7-12(13)18-14/h9-11,17H,5-8H2,1-4H3. The Morgan fingerprint density at radius 2 is 2.11 bits per heavy atom. The lowest BCUT2D eigenvalue weighted by Gasteiger charge is -2.27. The molecule has 102 valence electrons. The molecule has 3 nitrogen and oxygen atoms in total. The minimum absolute atomic E-state index is 0.341. The normalized spacial score (nSPS) is 19.4. The molecule has 0 saturated heterocycles. The Kier molecular flexibility index (Phi) is 4.28. The maximum Gasteiger partial charge on any atom is 0.186 e. The van der Waals surface area contributed by atoms with Crippen LogP contribution in [0.15, 0.2) is 0 Å². The molecule has 1 N–H and O–H groups in total. The van der Waals surface area contributed by atoms with E-state index in [9.17, 15) is 5.11 Å². The lowest BCUT2D eigenvalue weighted by atomic mass is 10.0. The highest BCUT2D eigenvalue weighted by atomic mass is 32.1. The first-order chi connectivity index (χ1) is 8.49. The van der Waals surface area contributed by atoms with Crippen molar-refractivity contribution in [3.8, 4) is 0 Å². The first-order valence-corrected chi connectivity index (χ1v) is 7.75. The van der Waals surface area contributed by atoms with Gasteiger partial charge < -0.3 is 10.0 Å². The van der Waals surface area contributed by atoms with Crippen molar-refractivity contribution in [2.75, 3.05) is 11.4 Å². The number of anilines is 1. The van der Waals surface area contributed by atoms with Crippen LogP contribution in [0.5, 0.6) is 0 Å². The number of hydrogen-bond acceptors (Lipinski definition) is 4. The minimum Gasteiger partial charge on any atom is -0.387 e. The number of aliphatic hydroxyl groups excluding tert-OH is 1. The topological polar surface area (TPSA) is 36.4 Å². The second-order valence-corrected chi connectivity index (χ2v) is 6.91. The number of thiazole rings is 1. The maximum absolute atomic E-state index is 10.0. The lowest BCUT2D eigenvalue weighted by Crippen LogP contribution is -2.34. The van der Waals surface area contributed by atoms with E-state index in [2.05, 4.69) is 32.6 Å². The van der Waals surface area contributed by atoms with Crippen LogP contribution < -0.4 is 4.90 Å². The monoisotopic (exact) mass is 268 g/mol. The number of fused-ring (bicyclic) bond motifs is 1. The van der Waals surface area contributed by atoms with Crippen molar-refractivity contribution >= 4 is 16.5 Å². The van der Waals surface area contributed by atoms with E-state index in [0.29, 0.717) is 12.0 Å². The van der Waals surface area contributed by atoms with Crippen LogP contribution in [-0.2, 0) is 6.42 Å². The molecule has 1 aromatic rings. The fraction of sp³-hybridized carbons (Fsp3) is 0.786. The zero-order chi connectivity index (χ0) is 13.3. The van der Waals surface area contributed by atoms with E-state index in [-0.39, 0.29) is 6.10 Å². The second kappa shape index (κ2) is 5.57. The van der Waals surface area contributed by atoms with Crippen LogP contribution in [0.1, 0.15) is 57.2 Å². The largest absolute Gasteiger partial charge is 0.387 e. The molecule has 0 aliphatic heterocycles. The summed E-state index contributed by atoms with van der Waals surface area (Å²) >= 11 is 1.77. The molecule has 1 heterocycles. The number of aliphatic hydroxyl groups is 1. The van der Waals surface area contributed by atoms with E-state index < -0.39 is 0 Å². The van der Waals surface area contributed by atoms with Crippen molar-refractivity contribution in [2.45, 2.75) is 59.1 Å². The van der Waals surface area contributed by atoms with Crippen molar-refractivity contribution < 1.29 is 5.11 Å². The van der Waals surface area contributed by atoms with Gasteiger partial charge in [0.1, 0.15) is 0 Å². The van der Waals surface area contributed by atoms with Gasteiger partial charge in [-0.1, -0.05) is 13.8 Å². The molecule has 1 unspecified atom stereocenters. The van der Waals surface area contributed by atoms with E-state index in [1.807, 2.05) is 0 Å². The summed E-state index contributed by atoms with van der Waals surface area (Å²) in [5, 5.41) is 11.1. The highest BCUT2D eigenvalue weighted by Gasteiger charge is 2.25. The molecule has 0 amide bonds. The van der Waals surface area contributed by atoms with Crippen LogP contribution in [0.3, 0.4) is 0 Å². The zero-order valence-corrected chi connectivity index (χ0v) is 12.6.